The van der Waals surface area contributed by atoms with Gasteiger partial charge in [0, 0.05) is 18.2 Å². The smallest absolute Gasteiger partial charge is 0.304 e. The summed E-state index contributed by atoms with van der Waals surface area (Å²) < 4.78 is 0. The van der Waals surface area contributed by atoms with Crippen molar-refractivity contribution >= 4 is 17.6 Å². The number of hydrogen-bond acceptors (Lipinski definition) is 3. The highest BCUT2D eigenvalue weighted by Gasteiger charge is 2.35. The predicted octanol–water partition coefficient (Wildman–Crippen LogP) is 1.57. The topological polar surface area (TPSA) is 83.6 Å². The quantitative estimate of drug-likeness (QED) is 0.874. The highest BCUT2D eigenvalue weighted by atomic mass is 16.4. The largest absolute Gasteiger partial charge is 0.481 e. The van der Waals surface area contributed by atoms with Crippen LogP contribution in [0.1, 0.15) is 31.7 Å². The first-order chi connectivity index (χ1) is 9.41. The molecule has 1 unspecified atom stereocenters. The molecule has 5 heteroatoms. The first kappa shape index (κ1) is 14.5. The number of carbonyl (C=O) groups is 2. The third-order valence-electron chi connectivity index (χ3n) is 3.76. The Labute approximate surface area is 118 Å². The van der Waals surface area contributed by atoms with Gasteiger partial charge in [-0.05, 0) is 17.5 Å². The van der Waals surface area contributed by atoms with Crippen LogP contribution >= 0.6 is 0 Å². The second-order valence-corrected chi connectivity index (χ2v) is 5.57. The third-order valence-corrected chi connectivity index (χ3v) is 3.76. The van der Waals surface area contributed by atoms with Crippen molar-refractivity contribution in [2.75, 3.05) is 11.4 Å². The Morgan fingerprint density at radius 2 is 2.05 bits per heavy atom. The maximum absolute atomic E-state index is 12.4. The van der Waals surface area contributed by atoms with Crippen molar-refractivity contribution in [1.82, 2.24) is 0 Å². The van der Waals surface area contributed by atoms with Crippen LogP contribution < -0.4 is 10.6 Å². The number of anilines is 1. The fourth-order valence-corrected chi connectivity index (χ4v) is 2.55. The zero-order valence-corrected chi connectivity index (χ0v) is 11.7. The second-order valence-electron chi connectivity index (χ2n) is 5.57. The molecule has 1 heterocycles. The molecule has 0 fully saturated rings. The van der Waals surface area contributed by atoms with E-state index in [0.29, 0.717) is 6.54 Å². The van der Waals surface area contributed by atoms with Crippen molar-refractivity contribution in [2.24, 2.45) is 11.7 Å². The average molecular weight is 276 g/mol. The first-order valence-corrected chi connectivity index (χ1v) is 6.79. The maximum atomic E-state index is 12.4. The van der Waals surface area contributed by atoms with Crippen LogP contribution in [0.2, 0.25) is 0 Å². The summed E-state index contributed by atoms with van der Waals surface area (Å²) in [5.74, 6) is -1.10. The van der Waals surface area contributed by atoms with E-state index >= 15 is 0 Å². The van der Waals surface area contributed by atoms with Gasteiger partial charge in [0.1, 0.15) is 0 Å². The van der Waals surface area contributed by atoms with E-state index in [9.17, 15) is 9.59 Å². The van der Waals surface area contributed by atoms with Crippen LogP contribution in [0.3, 0.4) is 0 Å². The molecule has 0 aromatic heterocycles. The Bertz CT molecular complexity index is 528. The number of carboxylic acid groups (broad SMARTS) is 1. The summed E-state index contributed by atoms with van der Waals surface area (Å²) in [4.78, 5) is 25.0. The van der Waals surface area contributed by atoms with Gasteiger partial charge in [-0.15, -0.1) is 0 Å². The molecule has 20 heavy (non-hydrogen) atoms. The number of para-hydroxylation sites is 1. The molecule has 0 spiro atoms. The molecule has 0 radical (unpaired) electrons. The number of carbonyl (C=O) groups excluding carboxylic acids is 1. The first-order valence-electron chi connectivity index (χ1n) is 6.79. The molecule has 0 aliphatic carbocycles. The van der Waals surface area contributed by atoms with E-state index in [4.69, 9.17) is 10.8 Å². The summed E-state index contributed by atoms with van der Waals surface area (Å²) in [6.45, 7) is 4.20. The molecule has 5 nitrogen and oxygen atoms in total. The Kier molecular flexibility index (Phi) is 4.09. The van der Waals surface area contributed by atoms with Crippen molar-refractivity contribution < 1.29 is 14.7 Å². The molecular formula is C15H20N2O3. The van der Waals surface area contributed by atoms with Crippen LogP contribution in [-0.4, -0.2) is 29.6 Å². The summed E-state index contributed by atoms with van der Waals surface area (Å²) in [7, 11) is 0. The number of carboxylic acids is 1. The van der Waals surface area contributed by atoms with Gasteiger partial charge >= 0.3 is 5.97 Å². The van der Waals surface area contributed by atoms with Crippen molar-refractivity contribution in [2.45, 2.75) is 32.2 Å². The van der Waals surface area contributed by atoms with Crippen LogP contribution in [0, 0.1) is 5.92 Å². The number of rotatable bonds is 4. The zero-order valence-electron chi connectivity index (χ0n) is 11.7. The maximum Gasteiger partial charge on any atom is 0.304 e. The Morgan fingerprint density at radius 1 is 1.40 bits per heavy atom. The van der Waals surface area contributed by atoms with E-state index < -0.39 is 12.0 Å². The fraction of sp³-hybridized carbons (Fsp3) is 0.467. The van der Waals surface area contributed by atoms with Gasteiger partial charge in [0.2, 0.25) is 5.91 Å². The van der Waals surface area contributed by atoms with Crippen molar-refractivity contribution in [1.29, 1.82) is 0 Å². The normalized spacial score (nSPS) is 19.0. The lowest BCUT2D eigenvalue weighted by Crippen LogP contribution is -2.46. The van der Waals surface area contributed by atoms with Crippen molar-refractivity contribution in [3.8, 4) is 0 Å². The summed E-state index contributed by atoms with van der Waals surface area (Å²) in [6.07, 6.45) is 0.0255. The molecule has 2 rings (SSSR count). The van der Waals surface area contributed by atoms with Gasteiger partial charge in [-0.3, -0.25) is 9.59 Å². The molecule has 3 N–H and O–H groups in total. The summed E-state index contributed by atoms with van der Waals surface area (Å²) in [5.41, 5.74) is 7.64. The molecular weight excluding hydrogens is 256 g/mol. The minimum atomic E-state index is -0.854. The summed E-state index contributed by atoms with van der Waals surface area (Å²) in [6, 6.07) is 6.89. The molecule has 1 aliphatic rings. The van der Waals surface area contributed by atoms with Gasteiger partial charge < -0.3 is 15.7 Å². The van der Waals surface area contributed by atoms with Gasteiger partial charge in [-0.25, -0.2) is 0 Å². The van der Waals surface area contributed by atoms with Gasteiger partial charge in [-0.2, -0.15) is 0 Å². The SMILES string of the molecule is CC(C)[C@H](N)C(=O)N1CC(CC(=O)O)c2ccccc21. The Balaban J connectivity index is 2.29. The van der Waals surface area contributed by atoms with Crippen LogP contribution in [0.15, 0.2) is 24.3 Å². The van der Waals surface area contributed by atoms with Gasteiger partial charge in [0.15, 0.2) is 0 Å². The third kappa shape index (κ3) is 2.67. The van der Waals surface area contributed by atoms with E-state index in [2.05, 4.69) is 0 Å². The van der Waals surface area contributed by atoms with Gasteiger partial charge in [0.25, 0.3) is 0 Å². The van der Waals surface area contributed by atoms with Gasteiger partial charge in [-0.1, -0.05) is 32.0 Å². The monoisotopic (exact) mass is 276 g/mol. The molecule has 1 amide bonds. The molecule has 1 aromatic rings. The molecule has 2 atom stereocenters. The van der Waals surface area contributed by atoms with E-state index in [-0.39, 0.29) is 24.2 Å². The summed E-state index contributed by atoms with van der Waals surface area (Å²) in [5, 5.41) is 8.99. The number of benzene rings is 1. The highest BCUT2D eigenvalue weighted by molar-refractivity contribution is 5.99. The number of hydrogen-bond donors (Lipinski definition) is 2. The number of nitrogens with zero attached hydrogens (tertiary/aromatic N) is 1. The van der Waals surface area contributed by atoms with Crippen LogP contribution in [-0.2, 0) is 9.59 Å². The zero-order chi connectivity index (χ0) is 14.9. The minimum absolute atomic E-state index is 0.0255. The Morgan fingerprint density at radius 3 is 2.65 bits per heavy atom. The number of aliphatic carboxylic acids is 1. The lowest BCUT2D eigenvalue weighted by atomic mass is 9.98. The number of nitrogens with two attached hydrogens (primary N) is 1. The highest BCUT2D eigenvalue weighted by Crippen LogP contribution is 2.38. The summed E-state index contributed by atoms with van der Waals surface area (Å²) >= 11 is 0. The van der Waals surface area contributed by atoms with Crippen LogP contribution in [0.4, 0.5) is 5.69 Å². The van der Waals surface area contributed by atoms with E-state index in [1.165, 1.54) is 0 Å². The van der Waals surface area contributed by atoms with Crippen molar-refractivity contribution in [3.63, 3.8) is 0 Å². The number of amides is 1. The standard InChI is InChI=1S/C15H20N2O3/c1-9(2)14(16)15(20)17-8-10(7-13(18)19)11-5-3-4-6-12(11)17/h3-6,9-10,14H,7-8,16H2,1-2H3,(H,18,19)/t10?,14-/m0/s1. The fourth-order valence-electron chi connectivity index (χ4n) is 2.55. The van der Waals surface area contributed by atoms with Crippen LogP contribution in [0.5, 0.6) is 0 Å². The molecule has 108 valence electrons. The van der Waals surface area contributed by atoms with E-state index in [1.807, 2.05) is 38.1 Å². The Hall–Kier alpha value is -1.88. The average Bonchev–Trinajstić information content (AvgIpc) is 2.75. The number of fused-ring (bicyclic) bond motifs is 1. The molecule has 0 bridgehead atoms. The lowest BCUT2D eigenvalue weighted by Gasteiger charge is -2.24. The van der Waals surface area contributed by atoms with Crippen LogP contribution in [0.25, 0.3) is 0 Å². The molecule has 1 aliphatic heterocycles. The van der Waals surface area contributed by atoms with E-state index in [1.54, 1.807) is 4.90 Å². The molecule has 0 saturated heterocycles. The lowest BCUT2D eigenvalue weighted by molar-refractivity contribution is -0.137. The van der Waals surface area contributed by atoms with Crippen molar-refractivity contribution in [3.05, 3.63) is 29.8 Å². The van der Waals surface area contributed by atoms with Gasteiger partial charge in [0.05, 0.1) is 12.5 Å². The van der Waals surface area contributed by atoms with E-state index in [0.717, 1.165) is 11.3 Å². The molecule has 1 aromatic carbocycles. The molecule has 0 saturated carbocycles. The minimum Gasteiger partial charge on any atom is -0.481 e. The second kappa shape index (κ2) is 5.63. The predicted molar refractivity (Wildman–Crippen MR) is 76.6 cm³/mol.